The predicted molar refractivity (Wildman–Crippen MR) is 217 cm³/mol. The predicted octanol–water partition coefficient (Wildman–Crippen LogP) is 13.1. The zero-order chi connectivity index (χ0) is 34.2. The Morgan fingerprint density at radius 2 is 1.12 bits per heavy atom. The number of fused-ring (bicyclic) bond motifs is 3. The first kappa shape index (κ1) is 30.7. The van der Waals surface area contributed by atoms with Crippen LogP contribution in [0, 0.1) is 0 Å². The van der Waals surface area contributed by atoms with E-state index in [2.05, 4.69) is 217 Å². The van der Waals surface area contributed by atoms with E-state index in [1.807, 2.05) is 0 Å². The molecule has 0 saturated carbocycles. The molecule has 0 aliphatic heterocycles. The molecule has 1 heterocycles. The summed E-state index contributed by atoms with van der Waals surface area (Å²) in [5.41, 5.74) is 13.1. The monoisotopic (exact) mass is 654 g/mol. The number of hydrogen-bond acceptors (Lipinski definition) is 1. The Morgan fingerprint density at radius 3 is 1.90 bits per heavy atom. The molecule has 1 aromatic heterocycles. The summed E-state index contributed by atoms with van der Waals surface area (Å²) in [5.74, 6) is 0. The van der Waals surface area contributed by atoms with E-state index in [-0.39, 0.29) is 5.54 Å². The summed E-state index contributed by atoms with van der Waals surface area (Å²) in [5, 5.41) is 2.53. The lowest BCUT2D eigenvalue weighted by Crippen LogP contribution is -2.42. The number of aromatic nitrogens is 1. The molecular weight excluding hydrogens is 617 g/mol. The first-order valence-corrected chi connectivity index (χ1v) is 17.7. The number of para-hydroxylation sites is 3. The van der Waals surface area contributed by atoms with E-state index in [9.17, 15) is 0 Å². The van der Waals surface area contributed by atoms with E-state index < -0.39 is 0 Å². The van der Waals surface area contributed by atoms with Crippen LogP contribution in [0.5, 0.6) is 0 Å². The highest BCUT2D eigenvalue weighted by atomic mass is 15.2. The third-order valence-electron chi connectivity index (χ3n) is 10.3. The van der Waals surface area contributed by atoms with E-state index in [1.165, 1.54) is 66.6 Å². The van der Waals surface area contributed by atoms with Crippen molar-refractivity contribution >= 4 is 38.8 Å². The minimum atomic E-state index is -0.282. The lowest BCUT2D eigenvalue weighted by atomic mass is 9.85. The van der Waals surface area contributed by atoms with Crippen LogP contribution in [0.2, 0.25) is 0 Å². The molecule has 7 aromatic carbocycles. The van der Waals surface area contributed by atoms with Crippen molar-refractivity contribution in [3.8, 4) is 27.9 Å². The van der Waals surface area contributed by atoms with Crippen LogP contribution < -0.4 is 4.90 Å². The zero-order valence-electron chi connectivity index (χ0n) is 28.7. The second-order valence-electron chi connectivity index (χ2n) is 13.6. The second kappa shape index (κ2) is 12.8. The average Bonchev–Trinajstić information content (AvgIpc) is 3.54. The van der Waals surface area contributed by atoms with Crippen molar-refractivity contribution in [2.24, 2.45) is 0 Å². The molecule has 0 radical (unpaired) electrons. The number of allylic oxidation sites excluding steroid dienone is 2. The van der Waals surface area contributed by atoms with Crippen LogP contribution in [0.3, 0.4) is 0 Å². The molecule has 8 aromatic rings. The second-order valence-corrected chi connectivity index (χ2v) is 13.6. The fraction of sp³-hybridized carbons (Fsp3) is 0.0612. The van der Waals surface area contributed by atoms with Gasteiger partial charge in [0, 0.05) is 27.8 Å². The molecule has 1 unspecified atom stereocenters. The standard InChI is InChI=1S/C49H38N2/c1-49(32-30-37(31-33-49)39-19-13-18-38(34-39)36-16-5-2-6-17-36)51(42-23-9-4-10-24-42)43-25-14-20-40(35-43)44-27-15-29-47-48(44)45-26-11-12-28-46(45)50(47)41-21-7-3-8-22-41/h2-32,34-35H,33H2,1H3. The van der Waals surface area contributed by atoms with Gasteiger partial charge in [-0.25, -0.2) is 0 Å². The molecule has 0 N–H and O–H groups in total. The molecule has 2 heteroatoms. The smallest absolute Gasteiger partial charge is 0.0643 e. The topological polar surface area (TPSA) is 8.17 Å². The molecule has 1 aliphatic rings. The van der Waals surface area contributed by atoms with Crippen molar-refractivity contribution < 1.29 is 0 Å². The molecule has 244 valence electrons. The fourth-order valence-corrected chi connectivity index (χ4v) is 7.85. The number of rotatable bonds is 7. The maximum Gasteiger partial charge on any atom is 0.0643 e. The highest BCUT2D eigenvalue weighted by molar-refractivity contribution is 6.15. The van der Waals surface area contributed by atoms with Gasteiger partial charge in [0.1, 0.15) is 0 Å². The molecule has 2 nitrogen and oxygen atoms in total. The summed E-state index contributed by atoms with van der Waals surface area (Å²) in [4.78, 5) is 2.51. The highest BCUT2D eigenvalue weighted by Gasteiger charge is 2.32. The van der Waals surface area contributed by atoms with Crippen LogP contribution in [-0.2, 0) is 0 Å². The summed E-state index contributed by atoms with van der Waals surface area (Å²) in [7, 11) is 0. The Balaban J connectivity index is 1.13. The van der Waals surface area contributed by atoms with Gasteiger partial charge in [0.2, 0.25) is 0 Å². The van der Waals surface area contributed by atoms with Crippen LogP contribution in [0.4, 0.5) is 11.4 Å². The van der Waals surface area contributed by atoms with Gasteiger partial charge in [0.05, 0.1) is 16.6 Å². The summed E-state index contributed by atoms with van der Waals surface area (Å²) in [6.07, 6.45) is 7.98. The van der Waals surface area contributed by atoms with Gasteiger partial charge in [-0.3, -0.25) is 0 Å². The minimum Gasteiger partial charge on any atom is -0.332 e. The normalized spacial score (nSPS) is 15.6. The van der Waals surface area contributed by atoms with Gasteiger partial charge in [-0.1, -0.05) is 146 Å². The zero-order valence-corrected chi connectivity index (χ0v) is 28.7. The molecular formula is C49H38N2. The quantitative estimate of drug-likeness (QED) is 0.166. The highest BCUT2D eigenvalue weighted by Crippen LogP contribution is 2.43. The third kappa shape index (κ3) is 5.56. The summed E-state index contributed by atoms with van der Waals surface area (Å²) < 4.78 is 2.39. The molecule has 9 rings (SSSR count). The SMILES string of the molecule is CC1(N(c2ccccc2)c2cccc(-c3cccc4c3c3ccccc3n4-c3ccccc3)c2)C=CC(c2cccc(-c3ccccc3)c2)=CC1. The summed E-state index contributed by atoms with van der Waals surface area (Å²) in [6.45, 7) is 2.35. The van der Waals surface area contributed by atoms with Gasteiger partial charge in [-0.15, -0.1) is 0 Å². The van der Waals surface area contributed by atoms with Crippen molar-refractivity contribution in [2.45, 2.75) is 18.9 Å². The van der Waals surface area contributed by atoms with E-state index >= 15 is 0 Å². The van der Waals surface area contributed by atoms with Crippen LogP contribution >= 0.6 is 0 Å². The molecule has 0 amide bonds. The molecule has 0 bridgehead atoms. The number of nitrogens with zero attached hydrogens (tertiary/aromatic N) is 2. The first-order chi connectivity index (χ1) is 25.2. The maximum atomic E-state index is 2.51. The Morgan fingerprint density at radius 1 is 0.510 bits per heavy atom. The largest absolute Gasteiger partial charge is 0.332 e. The summed E-state index contributed by atoms with van der Waals surface area (Å²) >= 11 is 0. The Hall–Kier alpha value is -6.38. The number of anilines is 2. The summed E-state index contributed by atoms with van der Waals surface area (Å²) in [6, 6.07) is 65.6. The van der Waals surface area contributed by atoms with Gasteiger partial charge in [0.15, 0.2) is 0 Å². The number of hydrogen-bond donors (Lipinski definition) is 0. The Labute approximate surface area is 299 Å². The van der Waals surface area contributed by atoms with E-state index in [0.717, 1.165) is 12.1 Å². The molecule has 0 fully saturated rings. The Kier molecular flexibility index (Phi) is 7.71. The van der Waals surface area contributed by atoms with Gasteiger partial charge < -0.3 is 9.47 Å². The third-order valence-corrected chi connectivity index (χ3v) is 10.3. The lowest BCUT2D eigenvalue weighted by molar-refractivity contribution is 0.571. The van der Waals surface area contributed by atoms with Crippen LogP contribution in [0.15, 0.2) is 200 Å². The van der Waals surface area contributed by atoms with Crippen molar-refractivity contribution in [1.29, 1.82) is 0 Å². The molecule has 0 spiro atoms. The van der Waals surface area contributed by atoms with E-state index in [0.29, 0.717) is 0 Å². The van der Waals surface area contributed by atoms with Crippen molar-refractivity contribution in [1.82, 2.24) is 4.57 Å². The minimum absolute atomic E-state index is 0.282. The van der Waals surface area contributed by atoms with Crippen molar-refractivity contribution in [2.75, 3.05) is 4.90 Å². The Bertz CT molecular complexity index is 2560. The maximum absolute atomic E-state index is 2.51. The van der Waals surface area contributed by atoms with Crippen molar-refractivity contribution in [3.05, 3.63) is 206 Å². The van der Waals surface area contributed by atoms with Gasteiger partial charge in [0.25, 0.3) is 0 Å². The van der Waals surface area contributed by atoms with Crippen LogP contribution in [0.1, 0.15) is 18.9 Å². The average molecular weight is 655 g/mol. The van der Waals surface area contributed by atoms with Crippen LogP contribution in [0.25, 0.3) is 55.3 Å². The van der Waals surface area contributed by atoms with E-state index in [4.69, 9.17) is 0 Å². The number of benzene rings is 7. The molecule has 0 saturated heterocycles. The molecule has 51 heavy (non-hydrogen) atoms. The van der Waals surface area contributed by atoms with E-state index in [1.54, 1.807) is 0 Å². The van der Waals surface area contributed by atoms with Gasteiger partial charge >= 0.3 is 0 Å². The molecule has 1 aliphatic carbocycles. The van der Waals surface area contributed by atoms with Gasteiger partial charge in [-0.2, -0.15) is 0 Å². The lowest BCUT2D eigenvalue weighted by Gasteiger charge is -2.42. The fourth-order valence-electron chi connectivity index (χ4n) is 7.85. The molecule has 1 atom stereocenters. The first-order valence-electron chi connectivity index (χ1n) is 17.7. The van der Waals surface area contributed by atoms with Crippen LogP contribution in [-0.4, -0.2) is 10.1 Å². The van der Waals surface area contributed by atoms with Gasteiger partial charge in [-0.05, 0) is 101 Å². The van der Waals surface area contributed by atoms with Crippen molar-refractivity contribution in [3.63, 3.8) is 0 Å².